The van der Waals surface area contributed by atoms with Crippen molar-refractivity contribution in [3.05, 3.63) is 82.2 Å². The molecule has 0 radical (unpaired) electrons. The lowest BCUT2D eigenvalue weighted by atomic mass is 10.1. The molecule has 4 nitrogen and oxygen atoms in total. The van der Waals surface area contributed by atoms with Crippen LogP contribution in [0.4, 0.5) is 0 Å². The van der Waals surface area contributed by atoms with Crippen LogP contribution in [0.5, 0.6) is 0 Å². The third-order valence-corrected chi connectivity index (χ3v) is 3.75. The van der Waals surface area contributed by atoms with Gasteiger partial charge in [-0.3, -0.25) is 4.79 Å². The number of hydrogen-bond acceptors (Lipinski definition) is 4. The van der Waals surface area contributed by atoms with Gasteiger partial charge in [-0.05, 0) is 37.1 Å². The van der Waals surface area contributed by atoms with Gasteiger partial charge >= 0.3 is 5.97 Å². The molecule has 0 unspecified atom stereocenters. The second kappa shape index (κ2) is 7.59. The summed E-state index contributed by atoms with van der Waals surface area (Å²) in [4.78, 5) is 23.8. The van der Waals surface area contributed by atoms with E-state index in [0.29, 0.717) is 35.3 Å². The van der Waals surface area contributed by atoms with Crippen molar-refractivity contribution >= 4 is 16.9 Å². The average Bonchev–Trinajstić information content (AvgIpc) is 2.62. The molecule has 0 saturated heterocycles. The molecule has 122 valence electrons. The predicted molar refractivity (Wildman–Crippen MR) is 92.1 cm³/mol. The van der Waals surface area contributed by atoms with Crippen LogP contribution in [0.25, 0.3) is 11.0 Å². The van der Waals surface area contributed by atoms with E-state index in [1.807, 2.05) is 18.2 Å². The molecule has 0 aliphatic rings. The Kier molecular flexibility index (Phi) is 5.06. The van der Waals surface area contributed by atoms with E-state index in [2.05, 4.69) is 0 Å². The lowest BCUT2D eigenvalue weighted by Gasteiger charge is -2.05. The highest BCUT2D eigenvalue weighted by Crippen LogP contribution is 2.13. The first-order chi connectivity index (χ1) is 11.7. The van der Waals surface area contributed by atoms with Gasteiger partial charge in [0.15, 0.2) is 5.43 Å². The minimum Gasteiger partial charge on any atom is -0.462 e. The number of benzene rings is 2. The third kappa shape index (κ3) is 3.90. The molecule has 0 aliphatic carbocycles. The Morgan fingerprint density at radius 1 is 0.958 bits per heavy atom. The maximum absolute atomic E-state index is 12.0. The van der Waals surface area contributed by atoms with Crippen LogP contribution in [-0.4, -0.2) is 12.6 Å². The SMILES string of the molecule is O=C(OCCCCc1cc(=O)c2ccccc2o1)c1ccccc1. The van der Waals surface area contributed by atoms with Crippen LogP contribution in [0, 0.1) is 0 Å². The summed E-state index contributed by atoms with van der Waals surface area (Å²) in [5.41, 5.74) is 1.14. The standard InChI is InChI=1S/C20H18O4/c21-18-14-16(24-19-12-5-4-11-17(18)19)10-6-7-13-23-20(22)15-8-2-1-3-9-15/h1-5,8-9,11-12,14H,6-7,10,13H2. The molecule has 3 aromatic rings. The first-order valence-electron chi connectivity index (χ1n) is 7.98. The van der Waals surface area contributed by atoms with Crippen LogP contribution in [0.15, 0.2) is 69.9 Å². The van der Waals surface area contributed by atoms with Crippen molar-refractivity contribution in [1.82, 2.24) is 0 Å². The van der Waals surface area contributed by atoms with E-state index in [4.69, 9.17) is 9.15 Å². The van der Waals surface area contributed by atoms with Gasteiger partial charge in [-0.25, -0.2) is 4.79 Å². The molecule has 3 rings (SSSR count). The van der Waals surface area contributed by atoms with Crippen LogP contribution < -0.4 is 5.43 Å². The fourth-order valence-electron chi connectivity index (χ4n) is 2.50. The first-order valence-corrected chi connectivity index (χ1v) is 7.98. The summed E-state index contributed by atoms with van der Waals surface area (Å²) in [5.74, 6) is 0.348. The normalized spacial score (nSPS) is 10.7. The Bertz CT molecular complexity index is 881. The lowest BCUT2D eigenvalue weighted by molar-refractivity contribution is 0.0498. The van der Waals surface area contributed by atoms with E-state index in [1.54, 1.807) is 36.4 Å². The zero-order valence-corrected chi connectivity index (χ0v) is 13.2. The van der Waals surface area contributed by atoms with E-state index in [0.717, 1.165) is 12.8 Å². The molecule has 1 heterocycles. The van der Waals surface area contributed by atoms with Crippen LogP contribution in [0.1, 0.15) is 29.0 Å². The van der Waals surface area contributed by atoms with Gasteiger partial charge in [0.2, 0.25) is 0 Å². The van der Waals surface area contributed by atoms with Crippen LogP contribution in [-0.2, 0) is 11.2 Å². The molecule has 0 spiro atoms. The topological polar surface area (TPSA) is 56.5 Å². The molecule has 0 atom stereocenters. The summed E-state index contributed by atoms with van der Waals surface area (Å²) < 4.78 is 11.0. The van der Waals surface area contributed by atoms with E-state index in [1.165, 1.54) is 6.07 Å². The molecule has 1 aromatic heterocycles. The molecule has 0 amide bonds. The fraction of sp³-hybridized carbons (Fsp3) is 0.200. The highest BCUT2D eigenvalue weighted by Gasteiger charge is 2.06. The maximum atomic E-state index is 12.0. The largest absolute Gasteiger partial charge is 0.462 e. The predicted octanol–water partition coefficient (Wildman–Crippen LogP) is 3.97. The number of aryl methyl sites for hydroxylation is 1. The Labute approximate surface area is 139 Å². The summed E-state index contributed by atoms with van der Waals surface area (Å²) in [6.45, 7) is 0.353. The van der Waals surface area contributed by atoms with Crippen molar-refractivity contribution in [2.24, 2.45) is 0 Å². The second-order valence-corrected chi connectivity index (χ2v) is 5.53. The first kappa shape index (κ1) is 16.0. The van der Waals surface area contributed by atoms with Crippen LogP contribution in [0.3, 0.4) is 0 Å². The van der Waals surface area contributed by atoms with E-state index in [9.17, 15) is 9.59 Å². The molecule has 24 heavy (non-hydrogen) atoms. The molecule has 0 saturated carbocycles. The number of carbonyl (C=O) groups excluding carboxylic acids is 1. The van der Waals surface area contributed by atoms with Crippen LogP contribution >= 0.6 is 0 Å². The molecule has 0 N–H and O–H groups in total. The minimum atomic E-state index is -0.312. The maximum Gasteiger partial charge on any atom is 0.338 e. The van der Waals surface area contributed by atoms with Gasteiger partial charge < -0.3 is 9.15 Å². The molecule has 0 fully saturated rings. The zero-order valence-electron chi connectivity index (χ0n) is 13.2. The van der Waals surface area contributed by atoms with Crippen molar-refractivity contribution in [2.45, 2.75) is 19.3 Å². The molecule has 4 heteroatoms. The van der Waals surface area contributed by atoms with Gasteiger partial charge in [0, 0.05) is 12.5 Å². The summed E-state index contributed by atoms with van der Waals surface area (Å²) >= 11 is 0. The van der Waals surface area contributed by atoms with E-state index in [-0.39, 0.29) is 11.4 Å². The minimum absolute atomic E-state index is 0.0256. The third-order valence-electron chi connectivity index (χ3n) is 3.75. The molecule has 0 bridgehead atoms. The highest BCUT2D eigenvalue weighted by molar-refractivity contribution is 5.89. The summed E-state index contributed by atoms with van der Waals surface area (Å²) in [6.07, 6.45) is 2.14. The Morgan fingerprint density at radius 2 is 1.71 bits per heavy atom. The van der Waals surface area contributed by atoms with E-state index < -0.39 is 0 Å². The highest BCUT2D eigenvalue weighted by atomic mass is 16.5. The summed E-state index contributed by atoms with van der Waals surface area (Å²) in [7, 11) is 0. The average molecular weight is 322 g/mol. The molecular weight excluding hydrogens is 304 g/mol. The second-order valence-electron chi connectivity index (χ2n) is 5.53. The zero-order chi connectivity index (χ0) is 16.8. The monoisotopic (exact) mass is 322 g/mol. The number of para-hydroxylation sites is 1. The number of carbonyl (C=O) groups is 1. The fourth-order valence-corrected chi connectivity index (χ4v) is 2.50. The van der Waals surface area contributed by atoms with Crippen molar-refractivity contribution in [3.63, 3.8) is 0 Å². The molecule has 2 aromatic carbocycles. The lowest BCUT2D eigenvalue weighted by Crippen LogP contribution is -2.07. The summed E-state index contributed by atoms with van der Waals surface area (Å²) in [6, 6.07) is 17.7. The van der Waals surface area contributed by atoms with Gasteiger partial charge in [0.1, 0.15) is 11.3 Å². The van der Waals surface area contributed by atoms with E-state index >= 15 is 0 Å². The number of rotatable bonds is 6. The number of fused-ring (bicyclic) bond motifs is 1. The Morgan fingerprint density at radius 3 is 2.54 bits per heavy atom. The van der Waals surface area contributed by atoms with Gasteiger partial charge in [0.25, 0.3) is 0 Å². The van der Waals surface area contributed by atoms with Crippen molar-refractivity contribution in [3.8, 4) is 0 Å². The molecule has 0 aliphatic heterocycles. The number of esters is 1. The number of hydrogen-bond donors (Lipinski definition) is 0. The van der Waals surface area contributed by atoms with Crippen molar-refractivity contribution in [1.29, 1.82) is 0 Å². The van der Waals surface area contributed by atoms with Crippen molar-refractivity contribution in [2.75, 3.05) is 6.61 Å². The number of ether oxygens (including phenoxy) is 1. The van der Waals surface area contributed by atoms with Gasteiger partial charge in [-0.15, -0.1) is 0 Å². The molecular formula is C20H18O4. The summed E-state index contributed by atoms with van der Waals surface area (Å²) in [5, 5.41) is 0.595. The van der Waals surface area contributed by atoms with Crippen molar-refractivity contribution < 1.29 is 13.9 Å². The smallest absolute Gasteiger partial charge is 0.338 e. The van der Waals surface area contributed by atoms with Gasteiger partial charge in [-0.1, -0.05) is 30.3 Å². The van der Waals surface area contributed by atoms with Crippen LogP contribution in [0.2, 0.25) is 0 Å². The van der Waals surface area contributed by atoms with Gasteiger partial charge in [-0.2, -0.15) is 0 Å². The quantitative estimate of drug-likeness (QED) is 0.509. The Balaban J connectivity index is 1.49. The number of unbranched alkanes of at least 4 members (excludes halogenated alkanes) is 1. The Hall–Kier alpha value is -2.88. The van der Waals surface area contributed by atoms with Gasteiger partial charge in [0.05, 0.1) is 17.6 Å².